The Morgan fingerprint density at radius 2 is 1.78 bits per heavy atom. The van der Waals surface area contributed by atoms with Crippen molar-refractivity contribution in [2.45, 2.75) is 38.5 Å². The first kappa shape index (κ1) is 14.0. The fraction of sp³-hybridized carbons (Fsp3) is 0.923. The smallest absolute Gasteiger partial charge is 0.223 e. The molecule has 0 aromatic carbocycles. The molecule has 0 bridgehead atoms. The normalized spacial score (nSPS) is 25.1. The average Bonchev–Trinajstić information content (AvgIpc) is 2.40. The van der Waals surface area contributed by atoms with Gasteiger partial charge in [-0.1, -0.05) is 19.3 Å². The van der Waals surface area contributed by atoms with E-state index in [1.54, 1.807) is 0 Å². The standard InChI is InChI=1S/C13H24N2O2S/c14-11-13(4-2-1-3-5-13)10-12(16)15-6-8-18(17)9-7-15/h1-11,14H2. The van der Waals surface area contributed by atoms with E-state index < -0.39 is 10.8 Å². The molecular weight excluding hydrogens is 248 g/mol. The van der Waals surface area contributed by atoms with E-state index in [4.69, 9.17) is 5.73 Å². The Bertz CT molecular complexity index is 317. The van der Waals surface area contributed by atoms with Gasteiger partial charge in [-0.05, 0) is 24.8 Å². The minimum atomic E-state index is -0.715. The third-order valence-corrected chi connectivity index (χ3v) is 5.68. The van der Waals surface area contributed by atoms with Gasteiger partial charge in [-0.25, -0.2) is 0 Å². The Morgan fingerprint density at radius 3 is 2.33 bits per heavy atom. The van der Waals surface area contributed by atoms with Crippen LogP contribution in [0.2, 0.25) is 0 Å². The summed E-state index contributed by atoms with van der Waals surface area (Å²) < 4.78 is 11.3. The molecule has 2 fully saturated rings. The summed E-state index contributed by atoms with van der Waals surface area (Å²) in [5.41, 5.74) is 5.97. The van der Waals surface area contributed by atoms with Crippen LogP contribution in [-0.2, 0) is 15.6 Å². The van der Waals surface area contributed by atoms with Crippen LogP contribution in [0.25, 0.3) is 0 Å². The maximum Gasteiger partial charge on any atom is 0.223 e. The zero-order valence-electron chi connectivity index (χ0n) is 11.0. The first-order chi connectivity index (χ1) is 8.65. The van der Waals surface area contributed by atoms with Crippen LogP contribution >= 0.6 is 0 Å². The van der Waals surface area contributed by atoms with Crippen LogP contribution in [0, 0.1) is 5.41 Å². The van der Waals surface area contributed by atoms with Gasteiger partial charge in [0.2, 0.25) is 5.91 Å². The molecular formula is C13H24N2O2S. The van der Waals surface area contributed by atoms with Crippen molar-refractivity contribution >= 4 is 16.7 Å². The second-order valence-corrected chi connectivity index (χ2v) is 7.37. The molecule has 1 saturated carbocycles. The van der Waals surface area contributed by atoms with Crippen molar-refractivity contribution in [2.24, 2.45) is 11.1 Å². The highest BCUT2D eigenvalue weighted by molar-refractivity contribution is 7.85. The molecule has 104 valence electrons. The van der Waals surface area contributed by atoms with Gasteiger partial charge in [0.15, 0.2) is 0 Å². The van der Waals surface area contributed by atoms with Gasteiger partial charge in [-0.2, -0.15) is 0 Å². The highest BCUT2D eigenvalue weighted by Crippen LogP contribution is 2.38. The summed E-state index contributed by atoms with van der Waals surface area (Å²) >= 11 is 0. The number of hydrogen-bond donors (Lipinski definition) is 1. The predicted molar refractivity (Wildman–Crippen MR) is 73.6 cm³/mol. The highest BCUT2D eigenvalue weighted by atomic mass is 32.2. The Hall–Kier alpha value is -0.420. The number of nitrogens with two attached hydrogens (primary N) is 1. The maximum atomic E-state index is 12.3. The summed E-state index contributed by atoms with van der Waals surface area (Å²) in [6.45, 7) is 1.94. The summed E-state index contributed by atoms with van der Waals surface area (Å²) in [4.78, 5) is 14.2. The van der Waals surface area contributed by atoms with Crippen molar-refractivity contribution in [3.8, 4) is 0 Å². The molecule has 18 heavy (non-hydrogen) atoms. The molecule has 2 N–H and O–H groups in total. The lowest BCUT2D eigenvalue weighted by Crippen LogP contribution is -2.45. The van der Waals surface area contributed by atoms with Gasteiger partial charge in [-0.15, -0.1) is 0 Å². The lowest BCUT2D eigenvalue weighted by Gasteiger charge is -2.38. The first-order valence-corrected chi connectivity index (χ1v) is 8.47. The molecule has 0 atom stereocenters. The predicted octanol–water partition coefficient (Wildman–Crippen LogP) is 0.877. The molecule has 1 aliphatic heterocycles. The van der Waals surface area contributed by atoms with E-state index in [9.17, 15) is 9.00 Å². The summed E-state index contributed by atoms with van der Waals surface area (Å²) in [5.74, 6) is 1.50. The van der Waals surface area contributed by atoms with E-state index in [0.29, 0.717) is 37.6 Å². The van der Waals surface area contributed by atoms with Gasteiger partial charge in [0.1, 0.15) is 0 Å². The molecule has 0 aromatic rings. The van der Waals surface area contributed by atoms with Crippen molar-refractivity contribution < 1.29 is 9.00 Å². The van der Waals surface area contributed by atoms with Gasteiger partial charge < -0.3 is 10.6 Å². The first-order valence-electron chi connectivity index (χ1n) is 6.98. The summed E-state index contributed by atoms with van der Waals surface area (Å²) in [5, 5.41) is 0. The minimum Gasteiger partial charge on any atom is -0.341 e. The lowest BCUT2D eigenvalue weighted by molar-refractivity contribution is -0.133. The Labute approximate surface area is 112 Å². The monoisotopic (exact) mass is 272 g/mol. The number of carbonyl (C=O) groups excluding carboxylic acids is 1. The molecule has 1 amide bonds. The molecule has 0 radical (unpaired) electrons. The van der Waals surface area contributed by atoms with Crippen molar-refractivity contribution in [1.29, 1.82) is 0 Å². The van der Waals surface area contributed by atoms with Crippen LogP contribution in [-0.4, -0.2) is 46.2 Å². The van der Waals surface area contributed by atoms with Crippen LogP contribution in [0.15, 0.2) is 0 Å². The molecule has 5 heteroatoms. The number of nitrogens with zero attached hydrogens (tertiary/aromatic N) is 1. The van der Waals surface area contributed by atoms with Crippen LogP contribution in [0.4, 0.5) is 0 Å². The number of amides is 1. The topological polar surface area (TPSA) is 63.4 Å². The van der Waals surface area contributed by atoms with Gasteiger partial charge in [0, 0.05) is 41.8 Å². The minimum absolute atomic E-state index is 0.0476. The zero-order valence-corrected chi connectivity index (χ0v) is 11.8. The summed E-state index contributed by atoms with van der Waals surface area (Å²) in [7, 11) is -0.715. The molecule has 0 aromatic heterocycles. The SMILES string of the molecule is NCC1(CC(=O)N2CCS(=O)CC2)CCCCC1. The largest absolute Gasteiger partial charge is 0.341 e. The van der Waals surface area contributed by atoms with Crippen LogP contribution in [0.1, 0.15) is 38.5 Å². The average molecular weight is 272 g/mol. The number of carbonyl (C=O) groups is 1. The van der Waals surface area contributed by atoms with Crippen molar-refractivity contribution in [1.82, 2.24) is 4.90 Å². The summed E-state index contributed by atoms with van der Waals surface area (Å²) in [6, 6.07) is 0. The molecule has 2 rings (SSSR count). The van der Waals surface area contributed by atoms with Gasteiger partial charge >= 0.3 is 0 Å². The molecule has 1 saturated heterocycles. The lowest BCUT2D eigenvalue weighted by atomic mass is 9.71. The van der Waals surface area contributed by atoms with E-state index >= 15 is 0 Å². The second kappa shape index (κ2) is 6.15. The quantitative estimate of drug-likeness (QED) is 0.829. The second-order valence-electron chi connectivity index (χ2n) is 5.67. The van der Waals surface area contributed by atoms with Crippen LogP contribution in [0.3, 0.4) is 0 Å². The summed E-state index contributed by atoms with van der Waals surface area (Å²) in [6.07, 6.45) is 6.46. The van der Waals surface area contributed by atoms with Gasteiger partial charge in [0.25, 0.3) is 0 Å². The Kier molecular flexibility index (Phi) is 4.78. The molecule has 1 aliphatic carbocycles. The fourth-order valence-electron chi connectivity index (χ4n) is 3.07. The van der Waals surface area contributed by atoms with Crippen molar-refractivity contribution in [3.63, 3.8) is 0 Å². The van der Waals surface area contributed by atoms with Crippen LogP contribution < -0.4 is 5.73 Å². The van der Waals surface area contributed by atoms with Crippen molar-refractivity contribution in [3.05, 3.63) is 0 Å². The zero-order chi connectivity index (χ0) is 13.0. The fourth-order valence-corrected chi connectivity index (χ4v) is 4.13. The van der Waals surface area contributed by atoms with E-state index in [2.05, 4.69) is 0 Å². The van der Waals surface area contributed by atoms with E-state index in [-0.39, 0.29) is 11.3 Å². The van der Waals surface area contributed by atoms with Gasteiger partial charge in [-0.3, -0.25) is 9.00 Å². The molecule has 0 unspecified atom stereocenters. The highest BCUT2D eigenvalue weighted by Gasteiger charge is 2.34. The van der Waals surface area contributed by atoms with E-state index in [1.807, 2.05) is 4.90 Å². The molecule has 2 aliphatic rings. The van der Waals surface area contributed by atoms with Crippen LogP contribution in [0.5, 0.6) is 0 Å². The number of hydrogen-bond acceptors (Lipinski definition) is 3. The third-order valence-electron chi connectivity index (χ3n) is 4.40. The van der Waals surface area contributed by atoms with Crippen molar-refractivity contribution in [2.75, 3.05) is 31.1 Å². The molecule has 1 heterocycles. The Balaban J connectivity index is 1.90. The van der Waals surface area contributed by atoms with E-state index in [1.165, 1.54) is 19.3 Å². The Morgan fingerprint density at radius 1 is 1.17 bits per heavy atom. The van der Waals surface area contributed by atoms with E-state index in [0.717, 1.165) is 12.8 Å². The maximum absolute atomic E-state index is 12.3. The third kappa shape index (κ3) is 3.32. The molecule has 0 spiro atoms. The number of rotatable bonds is 3. The molecule has 4 nitrogen and oxygen atoms in total. The van der Waals surface area contributed by atoms with Gasteiger partial charge in [0.05, 0.1) is 0 Å².